The molecule has 2 rings (SSSR count). The normalized spacial score (nSPS) is 18.9. The number of benzene rings is 1. The summed E-state index contributed by atoms with van der Waals surface area (Å²) in [7, 11) is -2.57. The Hall–Kier alpha value is -1.71. The highest BCUT2D eigenvalue weighted by atomic mass is 32.2. The highest BCUT2D eigenvalue weighted by Gasteiger charge is 2.29. The Bertz CT molecular complexity index is 610. The number of ether oxygens (including phenoxy) is 1. The van der Waals surface area contributed by atoms with Crippen LogP contribution in [0.4, 0.5) is 5.69 Å². The van der Waals surface area contributed by atoms with Gasteiger partial charge >= 0.3 is 0 Å². The molecule has 0 bridgehead atoms. The van der Waals surface area contributed by atoms with E-state index in [-0.39, 0.29) is 16.7 Å². The maximum Gasteiger partial charge on any atom is 0.293 e. The van der Waals surface area contributed by atoms with Gasteiger partial charge in [0, 0.05) is 12.6 Å². The summed E-state index contributed by atoms with van der Waals surface area (Å²) in [5.41, 5.74) is -0.497. The first kappa shape index (κ1) is 14.7. The van der Waals surface area contributed by atoms with Crippen LogP contribution in [0.15, 0.2) is 23.1 Å². The van der Waals surface area contributed by atoms with Gasteiger partial charge in [-0.25, -0.2) is 13.1 Å². The van der Waals surface area contributed by atoms with E-state index in [0.717, 1.165) is 12.6 Å². The summed E-state index contributed by atoms with van der Waals surface area (Å²) < 4.78 is 31.8. The molecule has 1 aromatic rings. The summed E-state index contributed by atoms with van der Waals surface area (Å²) in [6, 6.07) is 3.42. The van der Waals surface area contributed by atoms with Gasteiger partial charge in [-0.3, -0.25) is 10.1 Å². The van der Waals surface area contributed by atoms with Crippen molar-refractivity contribution in [2.75, 3.05) is 20.2 Å². The van der Waals surface area contributed by atoms with Crippen LogP contribution in [0.5, 0.6) is 5.75 Å². The number of nitrogens with zero attached hydrogens (tertiary/aromatic N) is 1. The minimum Gasteiger partial charge on any atom is -0.497 e. The van der Waals surface area contributed by atoms with Crippen molar-refractivity contribution < 1.29 is 18.1 Å². The standard InChI is InChI=1S/C11H15N3O5S/c1-19-9-2-3-11(10(6-9)14(15)16)20(17,18)13-8-4-5-12-7-8/h2-3,6,8,12-13H,4-5,7H2,1H3/t8-/m0/s1. The van der Waals surface area contributed by atoms with E-state index >= 15 is 0 Å². The van der Waals surface area contributed by atoms with E-state index in [1.54, 1.807) is 0 Å². The molecular weight excluding hydrogens is 286 g/mol. The summed E-state index contributed by atoms with van der Waals surface area (Å²) in [4.78, 5) is 9.94. The molecule has 0 spiro atoms. The third kappa shape index (κ3) is 3.06. The highest BCUT2D eigenvalue weighted by Crippen LogP contribution is 2.28. The van der Waals surface area contributed by atoms with Gasteiger partial charge in [-0.05, 0) is 25.1 Å². The first-order valence-electron chi connectivity index (χ1n) is 5.99. The molecule has 1 atom stereocenters. The van der Waals surface area contributed by atoms with E-state index in [9.17, 15) is 18.5 Å². The van der Waals surface area contributed by atoms with E-state index in [1.165, 1.54) is 19.2 Å². The summed E-state index contributed by atoms with van der Waals surface area (Å²) in [6.45, 7) is 1.24. The van der Waals surface area contributed by atoms with Crippen molar-refractivity contribution in [2.45, 2.75) is 17.4 Å². The zero-order valence-corrected chi connectivity index (χ0v) is 11.6. The quantitative estimate of drug-likeness (QED) is 0.595. The molecule has 8 nitrogen and oxygen atoms in total. The predicted molar refractivity (Wildman–Crippen MR) is 71.2 cm³/mol. The van der Waals surface area contributed by atoms with Crippen molar-refractivity contribution in [1.29, 1.82) is 0 Å². The molecule has 1 saturated heterocycles. The van der Waals surface area contributed by atoms with E-state index < -0.39 is 20.6 Å². The average Bonchev–Trinajstić information content (AvgIpc) is 2.90. The van der Waals surface area contributed by atoms with E-state index in [0.29, 0.717) is 13.0 Å². The number of hydrogen-bond acceptors (Lipinski definition) is 6. The molecule has 9 heteroatoms. The van der Waals surface area contributed by atoms with Crippen LogP contribution in [0, 0.1) is 10.1 Å². The van der Waals surface area contributed by atoms with Gasteiger partial charge in [-0.2, -0.15) is 0 Å². The molecule has 2 N–H and O–H groups in total. The lowest BCUT2D eigenvalue weighted by Gasteiger charge is -2.12. The Kier molecular flexibility index (Phi) is 4.21. The number of nitrogens with one attached hydrogen (secondary N) is 2. The lowest BCUT2D eigenvalue weighted by molar-refractivity contribution is -0.387. The Morgan fingerprint density at radius 2 is 2.25 bits per heavy atom. The van der Waals surface area contributed by atoms with Crippen molar-refractivity contribution in [2.24, 2.45) is 0 Å². The average molecular weight is 301 g/mol. The molecule has 20 heavy (non-hydrogen) atoms. The number of nitro groups is 1. The maximum absolute atomic E-state index is 12.2. The van der Waals surface area contributed by atoms with E-state index in [1.807, 2.05) is 0 Å². The van der Waals surface area contributed by atoms with Crippen LogP contribution in [0.25, 0.3) is 0 Å². The second kappa shape index (κ2) is 5.73. The summed E-state index contributed by atoms with van der Waals surface area (Å²) in [5.74, 6) is 0.234. The van der Waals surface area contributed by atoms with E-state index in [4.69, 9.17) is 4.74 Å². The third-order valence-corrected chi connectivity index (χ3v) is 4.60. The van der Waals surface area contributed by atoms with Crippen LogP contribution in [-0.2, 0) is 10.0 Å². The van der Waals surface area contributed by atoms with Crippen molar-refractivity contribution in [3.05, 3.63) is 28.3 Å². The molecule has 0 aromatic heterocycles. The first-order valence-corrected chi connectivity index (χ1v) is 7.48. The monoisotopic (exact) mass is 301 g/mol. The smallest absolute Gasteiger partial charge is 0.293 e. The molecule has 1 aliphatic rings. The Labute approximate surface area is 116 Å². The van der Waals surface area contributed by atoms with Crippen molar-refractivity contribution >= 4 is 15.7 Å². The summed E-state index contributed by atoms with van der Waals surface area (Å²) in [6.07, 6.45) is 0.656. The minimum absolute atomic E-state index is 0.234. The maximum atomic E-state index is 12.2. The molecule has 1 heterocycles. The molecular formula is C11H15N3O5S. The van der Waals surface area contributed by atoms with Crippen LogP contribution >= 0.6 is 0 Å². The molecule has 1 fully saturated rings. The largest absolute Gasteiger partial charge is 0.497 e. The lowest BCUT2D eigenvalue weighted by atomic mass is 10.3. The van der Waals surface area contributed by atoms with Crippen molar-refractivity contribution in [3.8, 4) is 5.75 Å². The Morgan fingerprint density at radius 3 is 2.80 bits per heavy atom. The number of rotatable bonds is 5. The van der Waals surface area contributed by atoms with Gasteiger partial charge in [0.05, 0.1) is 18.1 Å². The number of methoxy groups -OCH3 is 1. The minimum atomic E-state index is -3.93. The van der Waals surface area contributed by atoms with Crippen molar-refractivity contribution in [3.63, 3.8) is 0 Å². The van der Waals surface area contributed by atoms with Gasteiger partial charge in [0.15, 0.2) is 4.90 Å². The van der Waals surface area contributed by atoms with Crippen LogP contribution < -0.4 is 14.8 Å². The molecule has 0 unspecified atom stereocenters. The molecule has 1 aromatic carbocycles. The fourth-order valence-corrected chi connectivity index (χ4v) is 3.46. The molecule has 0 aliphatic carbocycles. The fourth-order valence-electron chi connectivity index (χ4n) is 2.03. The number of sulfonamides is 1. The zero-order valence-electron chi connectivity index (χ0n) is 10.8. The van der Waals surface area contributed by atoms with Gasteiger partial charge in [0.2, 0.25) is 10.0 Å². The van der Waals surface area contributed by atoms with Gasteiger partial charge in [0.1, 0.15) is 5.75 Å². The Balaban J connectivity index is 2.37. The molecule has 110 valence electrons. The van der Waals surface area contributed by atoms with Crippen molar-refractivity contribution in [1.82, 2.24) is 10.0 Å². The Morgan fingerprint density at radius 1 is 1.50 bits per heavy atom. The van der Waals surface area contributed by atoms with Gasteiger partial charge in [0.25, 0.3) is 5.69 Å². The number of hydrogen-bond donors (Lipinski definition) is 2. The molecule has 0 saturated carbocycles. The topological polar surface area (TPSA) is 111 Å². The zero-order chi connectivity index (χ0) is 14.8. The second-order valence-electron chi connectivity index (χ2n) is 4.40. The van der Waals surface area contributed by atoms with Gasteiger partial charge < -0.3 is 10.1 Å². The third-order valence-electron chi connectivity index (χ3n) is 3.03. The van der Waals surface area contributed by atoms with Crippen LogP contribution in [-0.4, -0.2) is 39.6 Å². The summed E-state index contributed by atoms with van der Waals surface area (Å²) >= 11 is 0. The van der Waals surface area contributed by atoms with Gasteiger partial charge in [-0.1, -0.05) is 0 Å². The number of nitro benzene ring substituents is 1. The lowest BCUT2D eigenvalue weighted by Crippen LogP contribution is -2.36. The second-order valence-corrected chi connectivity index (χ2v) is 6.08. The van der Waals surface area contributed by atoms with Crippen LogP contribution in [0.3, 0.4) is 0 Å². The van der Waals surface area contributed by atoms with Crippen LogP contribution in [0.1, 0.15) is 6.42 Å². The summed E-state index contributed by atoms with van der Waals surface area (Å²) in [5, 5.41) is 14.0. The predicted octanol–water partition coefficient (Wildman–Crippen LogP) is 0.244. The highest BCUT2D eigenvalue weighted by molar-refractivity contribution is 7.89. The SMILES string of the molecule is COc1ccc(S(=O)(=O)N[C@H]2CCNC2)c([N+](=O)[O-])c1. The fraction of sp³-hybridized carbons (Fsp3) is 0.455. The molecule has 1 aliphatic heterocycles. The van der Waals surface area contributed by atoms with Crippen LogP contribution in [0.2, 0.25) is 0 Å². The molecule has 0 amide bonds. The molecule has 0 radical (unpaired) electrons. The van der Waals surface area contributed by atoms with E-state index in [2.05, 4.69) is 10.0 Å². The van der Waals surface area contributed by atoms with Gasteiger partial charge in [-0.15, -0.1) is 0 Å². The first-order chi connectivity index (χ1) is 9.44.